The summed E-state index contributed by atoms with van der Waals surface area (Å²) >= 11 is 0. The summed E-state index contributed by atoms with van der Waals surface area (Å²) in [4.78, 5) is 0. The summed E-state index contributed by atoms with van der Waals surface area (Å²) in [5.74, 6) is 0.882. The van der Waals surface area contributed by atoms with Gasteiger partial charge in [0.2, 0.25) is 0 Å². The summed E-state index contributed by atoms with van der Waals surface area (Å²) < 4.78 is 5.24. The van der Waals surface area contributed by atoms with Crippen molar-refractivity contribution in [2.24, 2.45) is 5.73 Å². The van der Waals surface area contributed by atoms with Crippen LogP contribution in [-0.2, 0) is 6.42 Å². The molecule has 0 saturated carbocycles. The first-order valence-corrected chi connectivity index (χ1v) is 4.49. The zero-order valence-electron chi connectivity index (χ0n) is 7.71. The van der Waals surface area contributed by atoms with Gasteiger partial charge in [-0.3, -0.25) is 0 Å². The second kappa shape index (κ2) is 3.26. The predicted molar refractivity (Wildman–Crippen MR) is 52.9 cm³/mol. The van der Waals surface area contributed by atoms with Gasteiger partial charge in [-0.15, -0.1) is 0 Å². The Morgan fingerprint density at radius 1 is 1.54 bits per heavy atom. The van der Waals surface area contributed by atoms with Crippen LogP contribution in [0.2, 0.25) is 0 Å². The highest BCUT2D eigenvalue weighted by Crippen LogP contribution is 2.32. The van der Waals surface area contributed by atoms with Crippen molar-refractivity contribution in [2.45, 2.75) is 19.0 Å². The van der Waals surface area contributed by atoms with Gasteiger partial charge in [-0.1, -0.05) is 12.1 Å². The van der Waals surface area contributed by atoms with E-state index in [0.29, 0.717) is 0 Å². The van der Waals surface area contributed by atoms with Gasteiger partial charge < -0.3 is 15.8 Å². The molecule has 13 heavy (non-hydrogen) atoms. The fourth-order valence-corrected chi connectivity index (χ4v) is 1.69. The lowest BCUT2D eigenvalue weighted by Crippen LogP contribution is -2.33. The van der Waals surface area contributed by atoms with Crippen LogP contribution in [0.4, 0.5) is 5.69 Å². The second-order valence-electron chi connectivity index (χ2n) is 3.28. The van der Waals surface area contributed by atoms with Crippen LogP contribution < -0.4 is 15.8 Å². The quantitative estimate of drug-likeness (QED) is 0.682. The number of aryl methyl sites for hydroxylation is 1. The van der Waals surface area contributed by atoms with Crippen LogP contribution in [0, 0.1) is 0 Å². The number of benzene rings is 1. The maximum atomic E-state index is 5.81. The molecule has 1 aliphatic heterocycles. The van der Waals surface area contributed by atoms with E-state index < -0.39 is 0 Å². The van der Waals surface area contributed by atoms with Gasteiger partial charge in [0, 0.05) is 0 Å². The number of nitrogens with two attached hydrogens (primary N) is 1. The Morgan fingerprint density at radius 3 is 3.15 bits per heavy atom. The Balaban J connectivity index is 2.41. The Bertz CT molecular complexity index is 298. The van der Waals surface area contributed by atoms with E-state index in [1.54, 1.807) is 7.11 Å². The molecule has 1 aromatic rings. The van der Waals surface area contributed by atoms with Gasteiger partial charge in [0.05, 0.1) is 19.0 Å². The number of hydrogen-bond donors (Lipinski definition) is 2. The smallest absolute Gasteiger partial charge is 0.142 e. The number of hydrogen-bond acceptors (Lipinski definition) is 3. The Hall–Kier alpha value is -1.22. The number of fused-ring (bicyclic) bond motifs is 1. The Labute approximate surface area is 77.9 Å². The topological polar surface area (TPSA) is 47.3 Å². The molecular weight excluding hydrogens is 164 g/mol. The van der Waals surface area contributed by atoms with E-state index in [-0.39, 0.29) is 6.17 Å². The molecular formula is C10H14N2O. The van der Waals surface area contributed by atoms with Crippen LogP contribution >= 0.6 is 0 Å². The van der Waals surface area contributed by atoms with Crippen molar-refractivity contribution in [1.29, 1.82) is 0 Å². The summed E-state index contributed by atoms with van der Waals surface area (Å²) in [5.41, 5.74) is 8.16. The molecule has 2 rings (SSSR count). The van der Waals surface area contributed by atoms with Crippen molar-refractivity contribution in [1.82, 2.24) is 0 Å². The molecule has 1 aromatic carbocycles. The lowest BCUT2D eigenvalue weighted by molar-refractivity contribution is 0.414. The SMILES string of the molecule is COc1cccc2c1NC(N)CC2. The van der Waals surface area contributed by atoms with E-state index >= 15 is 0 Å². The molecule has 1 aliphatic rings. The van der Waals surface area contributed by atoms with Crippen molar-refractivity contribution in [3.05, 3.63) is 23.8 Å². The van der Waals surface area contributed by atoms with E-state index in [9.17, 15) is 0 Å². The highest BCUT2D eigenvalue weighted by Gasteiger charge is 2.17. The first-order valence-electron chi connectivity index (χ1n) is 4.49. The van der Waals surface area contributed by atoms with Gasteiger partial charge in [-0.25, -0.2) is 0 Å². The van der Waals surface area contributed by atoms with Crippen molar-refractivity contribution in [2.75, 3.05) is 12.4 Å². The number of para-hydroxylation sites is 1. The minimum Gasteiger partial charge on any atom is -0.495 e. The van der Waals surface area contributed by atoms with Crippen molar-refractivity contribution in [3.63, 3.8) is 0 Å². The van der Waals surface area contributed by atoms with Gasteiger partial charge in [0.1, 0.15) is 5.75 Å². The minimum absolute atomic E-state index is 0.0591. The number of ether oxygens (including phenoxy) is 1. The van der Waals surface area contributed by atoms with Gasteiger partial charge in [0.25, 0.3) is 0 Å². The molecule has 1 unspecified atom stereocenters. The van der Waals surface area contributed by atoms with Gasteiger partial charge in [0.15, 0.2) is 0 Å². The number of methoxy groups -OCH3 is 1. The first-order chi connectivity index (χ1) is 6.31. The largest absolute Gasteiger partial charge is 0.495 e. The second-order valence-corrected chi connectivity index (χ2v) is 3.28. The molecule has 0 fully saturated rings. The minimum atomic E-state index is 0.0591. The number of rotatable bonds is 1. The molecule has 0 spiro atoms. The van der Waals surface area contributed by atoms with E-state index in [1.165, 1.54) is 5.56 Å². The summed E-state index contributed by atoms with van der Waals surface area (Å²) in [6, 6.07) is 6.07. The number of anilines is 1. The third-order valence-corrected chi connectivity index (χ3v) is 2.39. The van der Waals surface area contributed by atoms with Gasteiger partial charge >= 0.3 is 0 Å². The maximum Gasteiger partial charge on any atom is 0.142 e. The third-order valence-electron chi connectivity index (χ3n) is 2.39. The summed E-state index contributed by atoms with van der Waals surface area (Å²) in [7, 11) is 1.68. The lowest BCUT2D eigenvalue weighted by atomic mass is 10.0. The fraction of sp³-hybridized carbons (Fsp3) is 0.400. The lowest BCUT2D eigenvalue weighted by Gasteiger charge is -2.25. The summed E-state index contributed by atoms with van der Waals surface area (Å²) in [5, 5.41) is 3.23. The van der Waals surface area contributed by atoms with Gasteiger partial charge in [-0.2, -0.15) is 0 Å². The summed E-state index contributed by atoms with van der Waals surface area (Å²) in [6.45, 7) is 0. The first kappa shape index (κ1) is 8.38. The van der Waals surface area contributed by atoms with Crippen LogP contribution in [0.15, 0.2) is 18.2 Å². The fourth-order valence-electron chi connectivity index (χ4n) is 1.69. The van der Waals surface area contributed by atoms with Crippen LogP contribution in [-0.4, -0.2) is 13.3 Å². The molecule has 70 valence electrons. The highest BCUT2D eigenvalue weighted by atomic mass is 16.5. The van der Waals surface area contributed by atoms with Crippen LogP contribution in [0.3, 0.4) is 0 Å². The summed E-state index contributed by atoms with van der Waals surface area (Å²) in [6.07, 6.45) is 2.07. The Morgan fingerprint density at radius 2 is 2.38 bits per heavy atom. The monoisotopic (exact) mass is 178 g/mol. The van der Waals surface area contributed by atoms with E-state index in [4.69, 9.17) is 10.5 Å². The average Bonchev–Trinajstić information content (AvgIpc) is 2.17. The van der Waals surface area contributed by atoms with Crippen LogP contribution in [0.5, 0.6) is 5.75 Å². The molecule has 0 radical (unpaired) electrons. The Kier molecular flexibility index (Phi) is 2.10. The van der Waals surface area contributed by atoms with E-state index in [1.807, 2.05) is 12.1 Å². The maximum absolute atomic E-state index is 5.81. The normalized spacial score (nSPS) is 20.3. The standard InChI is InChI=1S/C10H14N2O/c1-13-8-4-2-3-7-5-6-9(11)12-10(7)8/h2-4,9,12H,5-6,11H2,1H3. The number of nitrogens with one attached hydrogen (secondary N) is 1. The van der Waals surface area contributed by atoms with Crippen molar-refractivity contribution in [3.8, 4) is 5.75 Å². The van der Waals surface area contributed by atoms with Crippen molar-refractivity contribution >= 4 is 5.69 Å². The molecule has 0 aromatic heterocycles. The zero-order valence-corrected chi connectivity index (χ0v) is 7.71. The molecule has 0 saturated heterocycles. The molecule has 1 atom stereocenters. The average molecular weight is 178 g/mol. The van der Waals surface area contributed by atoms with Gasteiger partial charge in [-0.05, 0) is 24.5 Å². The zero-order chi connectivity index (χ0) is 9.26. The van der Waals surface area contributed by atoms with E-state index in [0.717, 1.165) is 24.3 Å². The molecule has 1 heterocycles. The van der Waals surface area contributed by atoms with Crippen molar-refractivity contribution < 1.29 is 4.74 Å². The van der Waals surface area contributed by atoms with Crippen LogP contribution in [0.1, 0.15) is 12.0 Å². The van der Waals surface area contributed by atoms with E-state index in [2.05, 4.69) is 11.4 Å². The molecule has 3 heteroatoms. The molecule has 0 bridgehead atoms. The molecule has 0 aliphatic carbocycles. The molecule has 0 amide bonds. The third kappa shape index (κ3) is 1.47. The molecule has 3 nitrogen and oxygen atoms in total. The van der Waals surface area contributed by atoms with Crippen LogP contribution in [0.25, 0.3) is 0 Å². The molecule has 3 N–H and O–H groups in total. The highest BCUT2D eigenvalue weighted by molar-refractivity contribution is 5.63. The predicted octanol–water partition coefficient (Wildman–Crippen LogP) is 1.34.